The van der Waals surface area contributed by atoms with E-state index in [4.69, 9.17) is 0 Å². The van der Waals surface area contributed by atoms with E-state index in [0.717, 1.165) is 5.56 Å². The standard InChI is InChI=1S/C8H8F2O/c9-8(10)11-6-7-4-2-1-3-5-7/h1-5,8H,6H2. The number of halogens is 2. The fraction of sp³-hybridized carbons (Fsp3) is 0.250. The normalized spacial score (nSPS) is 10.5. The molecule has 11 heavy (non-hydrogen) atoms. The Kier molecular flexibility index (Phi) is 2.98. The van der Waals surface area contributed by atoms with Gasteiger partial charge in [0.2, 0.25) is 0 Å². The number of rotatable bonds is 3. The molecule has 0 heterocycles. The Labute approximate surface area is 63.6 Å². The zero-order chi connectivity index (χ0) is 8.10. The van der Waals surface area contributed by atoms with Gasteiger partial charge in [0.05, 0.1) is 6.61 Å². The Bertz CT molecular complexity index is 199. The van der Waals surface area contributed by atoms with Gasteiger partial charge in [0.25, 0.3) is 0 Å². The van der Waals surface area contributed by atoms with E-state index in [2.05, 4.69) is 4.74 Å². The highest BCUT2D eigenvalue weighted by molar-refractivity contribution is 5.13. The smallest absolute Gasteiger partial charge is 0.318 e. The molecule has 0 atom stereocenters. The minimum absolute atomic E-state index is 0.0293. The van der Waals surface area contributed by atoms with Crippen LogP contribution in [-0.2, 0) is 11.3 Å². The molecule has 0 bridgehead atoms. The van der Waals surface area contributed by atoms with E-state index in [1.165, 1.54) is 0 Å². The Morgan fingerprint density at radius 1 is 1.18 bits per heavy atom. The van der Waals surface area contributed by atoms with Crippen molar-refractivity contribution in [3.63, 3.8) is 0 Å². The average Bonchev–Trinajstić information content (AvgIpc) is 2.03. The van der Waals surface area contributed by atoms with Gasteiger partial charge in [-0.05, 0) is 5.56 Å². The van der Waals surface area contributed by atoms with Crippen molar-refractivity contribution in [2.45, 2.75) is 13.2 Å². The maximum Gasteiger partial charge on any atom is 0.345 e. The molecule has 0 amide bonds. The van der Waals surface area contributed by atoms with Crippen LogP contribution in [0.2, 0.25) is 0 Å². The second-order valence-corrected chi connectivity index (χ2v) is 2.06. The van der Waals surface area contributed by atoms with Crippen molar-refractivity contribution >= 4 is 0 Å². The first-order valence-corrected chi connectivity index (χ1v) is 3.23. The summed E-state index contributed by atoms with van der Waals surface area (Å²) in [5, 5.41) is 0. The first kappa shape index (κ1) is 8.14. The molecule has 0 aliphatic rings. The topological polar surface area (TPSA) is 9.23 Å². The fourth-order valence-corrected chi connectivity index (χ4v) is 0.733. The molecular formula is C8H8F2O. The molecule has 0 aromatic heterocycles. The maximum absolute atomic E-state index is 11.5. The summed E-state index contributed by atoms with van der Waals surface area (Å²) >= 11 is 0. The number of hydrogen-bond donors (Lipinski definition) is 0. The lowest BCUT2D eigenvalue weighted by Gasteiger charge is -2.00. The minimum atomic E-state index is -2.68. The molecule has 60 valence electrons. The summed E-state index contributed by atoms with van der Waals surface area (Å²) in [6.45, 7) is -2.71. The predicted octanol–water partition coefficient (Wildman–Crippen LogP) is 2.43. The molecule has 1 rings (SSSR count). The number of benzene rings is 1. The van der Waals surface area contributed by atoms with Gasteiger partial charge < -0.3 is 4.74 Å². The first-order valence-electron chi connectivity index (χ1n) is 3.23. The van der Waals surface area contributed by atoms with Gasteiger partial charge >= 0.3 is 6.61 Å². The van der Waals surface area contributed by atoms with E-state index < -0.39 is 6.61 Å². The lowest BCUT2D eigenvalue weighted by Crippen LogP contribution is -1.98. The van der Waals surface area contributed by atoms with Crippen molar-refractivity contribution in [3.05, 3.63) is 35.9 Å². The van der Waals surface area contributed by atoms with Gasteiger partial charge in [-0.1, -0.05) is 30.3 Å². The molecule has 0 aliphatic carbocycles. The summed E-state index contributed by atoms with van der Waals surface area (Å²) in [5.41, 5.74) is 0.757. The summed E-state index contributed by atoms with van der Waals surface area (Å²) in [6, 6.07) is 8.87. The van der Waals surface area contributed by atoms with E-state index in [0.29, 0.717) is 0 Å². The first-order chi connectivity index (χ1) is 5.29. The molecule has 0 spiro atoms. The fourth-order valence-electron chi connectivity index (χ4n) is 0.733. The van der Waals surface area contributed by atoms with Gasteiger partial charge in [0, 0.05) is 0 Å². The highest BCUT2D eigenvalue weighted by Gasteiger charge is 2.00. The highest BCUT2D eigenvalue weighted by Crippen LogP contribution is 2.04. The van der Waals surface area contributed by atoms with Crippen molar-refractivity contribution in [2.75, 3.05) is 0 Å². The summed E-state index contributed by atoms with van der Waals surface area (Å²) < 4.78 is 27.1. The number of ether oxygens (including phenoxy) is 1. The second-order valence-electron chi connectivity index (χ2n) is 2.06. The van der Waals surface area contributed by atoms with Gasteiger partial charge in [-0.3, -0.25) is 0 Å². The maximum atomic E-state index is 11.5. The van der Waals surface area contributed by atoms with Crippen LogP contribution in [-0.4, -0.2) is 6.61 Å². The third-order valence-corrected chi connectivity index (χ3v) is 1.22. The molecular weight excluding hydrogens is 150 g/mol. The van der Waals surface area contributed by atoms with E-state index in [1.54, 1.807) is 24.3 Å². The average molecular weight is 158 g/mol. The van der Waals surface area contributed by atoms with Gasteiger partial charge in [-0.2, -0.15) is 8.78 Å². The molecule has 0 radical (unpaired) electrons. The summed E-state index contributed by atoms with van der Waals surface area (Å²) in [6.07, 6.45) is 0. The van der Waals surface area contributed by atoms with Crippen LogP contribution in [0.25, 0.3) is 0 Å². The third-order valence-electron chi connectivity index (χ3n) is 1.22. The van der Waals surface area contributed by atoms with Gasteiger partial charge in [0.15, 0.2) is 0 Å². The zero-order valence-electron chi connectivity index (χ0n) is 5.84. The van der Waals surface area contributed by atoms with Crippen LogP contribution in [0.4, 0.5) is 8.78 Å². The Hall–Kier alpha value is -0.960. The van der Waals surface area contributed by atoms with Crippen LogP contribution < -0.4 is 0 Å². The van der Waals surface area contributed by atoms with Crippen LogP contribution in [0.3, 0.4) is 0 Å². The monoisotopic (exact) mass is 158 g/mol. The quantitative estimate of drug-likeness (QED) is 0.656. The Morgan fingerprint density at radius 3 is 2.36 bits per heavy atom. The number of alkyl halides is 2. The van der Waals surface area contributed by atoms with Crippen molar-refractivity contribution < 1.29 is 13.5 Å². The zero-order valence-corrected chi connectivity index (χ0v) is 5.84. The lowest BCUT2D eigenvalue weighted by molar-refractivity contribution is -0.137. The lowest BCUT2D eigenvalue weighted by atomic mass is 10.2. The van der Waals surface area contributed by atoms with Crippen LogP contribution in [0.1, 0.15) is 5.56 Å². The molecule has 0 aliphatic heterocycles. The van der Waals surface area contributed by atoms with Crippen molar-refractivity contribution in [1.29, 1.82) is 0 Å². The molecule has 3 heteroatoms. The van der Waals surface area contributed by atoms with Crippen molar-refractivity contribution in [2.24, 2.45) is 0 Å². The Balaban J connectivity index is 2.39. The van der Waals surface area contributed by atoms with Crippen molar-refractivity contribution in [3.8, 4) is 0 Å². The van der Waals surface area contributed by atoms with E-state index in [9.17, 15) is 8.78 Å². The second kappa shape index (κ2) is 4.03. The molecule has 0 N–H and O–H groups in total. The van der Waals surface area contributed by atoms with Crippen molar-refractivity contribution in [1.82, 2.24) is 0 Å². The molecule has 1 nitrogen and oxygen atoms in total. The summed E-state index contributed by atoms with van der Waals surface area (Å²) in [5.74, 6) is 0. The highest BCUT2D eigenvalue weighted by atomic mass is 19.3. The molecule has 0 fully saturated rings. The molecule has 1 aromatic carbocycles. The van der Waals surface area contributed by atoms with Crippen LogP contribution in [0.15, 0.2) is 30.3 Å². The predicted molar refractivity (Wildman–Crippen MR) is 37.2 cm³/mol. The molecule has 0 unspecified atom stereocenters. The van der Waals surface area contributed by atoms with E-state index >= 15 is 0 Å². The van der Waals surface area contributed by atoms with E-state index in [-0.39, 0.29) is 6.61 Å². The van der Waals surface area contributed by atoms with Crippen LogP contribution in [0, 0.1) is 0 Å². The summed E-state index contributed by atoms with van der Waals surface area (Å²) in [7, 11) is 0. The van der Waals surface area contributed by atoms with E-state index in [1.807, 2.05) is 6.07 Å². The van der Waals surface area contributed by atoms with Gasteiger partial charge in [0.1, 0.15) is 0 Å². The minimum Gasteiger partial charge on any atom is -0.318 e. The largest absolute Gasteiger partial charge is 0.345 e. The van der Waals surface area contributed by atoms with Gasteiger partial charge in [-0.15, -0.1) is 0 Å². The molecule has 0 saturated carbocycles. The number of hydrogen-bond acceptors (Lipinski definition) is 1. The molecule has 1 aromatic rings. The third kappa shape index (κ3) is 3.09. The SMILES string of the molecule is FC(F)OCc1ccccc1. The van der Waals surface area contributed by atoms with Gasteiger partial charge in [-0.25, -0.2) is 0 Å². The molecule has 0 saturated heterocycles. The van der Waals surface area contributed by atoms with Crippen LogP contribution >= 0.6 is 0 Å². The summed E-state index contributed by atoms with van der Waals surface area (Å²) in [4.78, 5) is 0. The Morgan fingerprint density at radius 2 is 1.82 bits per heavy atom. The van der Waals surface area contributed by atoms with Crippen LogP contribution in [0.5, 0.6) is 0 Å².